The molecule has 2 aromatic rings. The second kappa shape index (κ2) is 5.50. The molecule has 0 saturated carbocycles. The van der Waals surface area contributed by atoms with E-state index in [0.717, 1.165) is 24.5 Å². The Morgan fingerprint density at radius 1 is 1.24 bits per heavy atom. The highest BCUT2D eigenvalue weighted by molar-refractivity contribution is 5.85. The number of halogens is 1. The molecule has 0 aliphatic carbocycles. The number of piperazine rings is 1. The van der Waals surface area contributed by atoms with E-state index in [0.29, 0.717) is 17.9 Å². The average molecular weight is 310 g/mol. The monoisotopic (exact) mass is 309 g/mol. The van der Waals surface area contributed by atoms with Gasteiger partial charge in [-0.2, -0.15) is 0 Å². The van der Waals surface area contributed by atoms with Crippen molar-refractivity contribution in [3.63, 3.8) is 0 Å². The van der Waals surface area contributed by atoms with Crippen LogP contribution in [0.4, 0.5) is 5.82 Å². The van der Waals surface area contributed by atoms with Gasteiger partial charge in [0.2, 0.25) is 0 Å². The second-order valence-corrected chi connectivity index (χ2v) is 5.30. The van der Waals surface area contributed by atoms with Crippen molar-refractivity contribution in [2.75, 3.05) is 18.0 Å². The van der Waals surface area contributed by atoms with E-state index in [-0.39, 0.29) is 12.4 Å². The molecule has 2 unspecified atom stereocenters. The van der Waals surface area contributed by atoms with Gasteiger partial charge in [0.25, 0.3) is 0 Å². The summed E-state index contributed by atoms with van der Waals surface area (Å²) in [5, 5.41) is 7.12. The summed E-state index contributed by atoms with van der Waals surface area (Å²) in [5.74, 6) is 0.857. The number of pyridine rings is 1. The molecule has 2 aliphatic rings. The number of hydrogen-bond donors (Lipinski definition) is 2. The molecule has 2 aromatic heterocycles. The topological polar surface area (TPSA) is 87.0 Å². The van der Waals surface area contributed by atoms with Crippen LogP contribution in [0.1, 0.15) is 12.8 Å². The van der Waals surface area contributed by atoms with Gasteiger partial charge in [0, 0.05) is 36.9 Å². The van der Waals surface area contributed by atoms with Gasteiger partial charge >= 0.3 is 5.76 Å². The molecule has 0 amide bonds. The zero-order valence-corrected chi connectivity index (χ0v) is 12.1. The highest BCUT2D eigenvalue weighted by atomic mass is 35.5. The summed E-state index contributed by atoms with van der Waals surface area (Å²) in [7, 11) is 0. The van der Waals surface area contributed by atoms with Gasteiger partial charge in [0.1, 0.15) is 5.82 Å². The van der Waals surface area contributed by atoms with E-state index < -0.39 is 5.76 Å². The maximum atomic E-state index is 11.0. The lowest BCUT2D eigenvalue weighted by Crippen LogP contribution is -2.52. The lowest BCUT2D eigenvalue weighted by Gasteiger charge is -2.36. The lowest BCUT2D eigenvalue weighted by molar-refractivity contribution is 0.388. The number of nitrogens with zero attached hydrogens (tertiary/aromatic N) is 3. The van der Waals surface area contributed by atoms with Gasteiger partial charge in [-0.15, -0.1) is 12.4 Å². The molecule has 4 heterocycles. The first-order valence-electron chi connectivity index (χ1n) is 6.83. The van der Waals surface area contributed by atoms with E-state index in [1.807, 2.05) is 12.1 Å². The summed E-state index contributed by atoms with van der Waals surface area (Å²) in [6.07, 6.45) is 4.17. The third kappa shape index (κ3) is 2.43. The van der Waals surface area contributed by atoms with Crippen molar-refractivity contribution in [2.24, 2.45) is 0 Å². The predicted molar refractivity (Wildman–Crippen MR) is 79.8 cm³/mol. The summed E-state index contributed by atoms with van der Waals surface area (Å²) in [6.45, 7) is 2.05. The molecule has 112 valence electrons. The number of anilines is 1. The lowest BCUT2D eigenvalue weighted by atomic mass is 10.2. The standard InChI is InChI=1S/C13H15N5O2.ClH/c19-13-16-12(17-20-13)8-1-4-11(15-5-8)18-9-2-3-10(18)7-14-6-9;/h1,4-5,9-10,14H,2-3,6-7H2,(H,16,17,19);1H. The Balaban J connectivity index is 0.00000132. The minimum absolute atomic E-state index is 0. The van der Waals surface area contributed by atoms with Gasteiger partial charge in [0.15, 0.2) is 5.82 Å². The van der Waals surface area contributed by atoms with Crippen molar-refractivity contribution in [3.8, 4) is 11.4 Å². The maximum Gasteiger partial charge on any atom is 0.439 e. The third-order valence-corrected chi connectivity index (χ3v) is 4.11. The first kappa shape index (κ1) is 14.1. The molecule has 2 atom stereocenters. The molecule has 2 bridgehead atoms. The smallest absolute Gasteiger partial charge is 0.348 e. The number of hydrogen-bond acceptors (Lipinski definition) is 6. The quantitative estimate of drug-likeness (QED) is 0.853. The summed E-state index contributed by atoms with van der Waals surface area (Å²) in [4.78, 5) is 20.4. The molecule has 21 heavy (non-hydrogen) atoms. The minimum atomic E-state index is -0.552. The summed E-state index contributed by atoms with van der Waals surface area (Å²) in [5.41, 5.74) is 0.752. The number of aromatic amines is 1. The van der Waals surface area contributed by atoms with Crippen LogP contribution < -0.4 is 16.0 Å². The summed E-state index contributed by atoms with van der Waals surface area (Å²) >= 11 is 0. The summed E-state index contributed by atoms with van der Waals surface area (Å²) in [6, 6.07) is 4.98. The molecule has 4 rings (SSSR count). The van der Waals surface area contributed by atoms with Crippen LogP contribution in [0.2, 0.25) is 0 Å². The molecule has 0 spiro atoms. The fourth-order valence-electron chi connectivity index (χ4n) is 3.19. The van der Waals surface area contributed by atoms with Gasteiger partial charge in [-0.05, 0) is 25.0 Å². The first-order valence-corrected chi connectivity index (χ1v) is 6.83. The van der Waals surface area contributed by atoms with Crippen LogP contribution in [-0.4, -0.2) is 40.3 Å². The van der Waals surface area contributed by atoms with E-state index in [2.05, 4.69) is 29.9 Å². The highest BCUT2D eigenvalue weighted by Crippen LogP contribution is 2.31. The normalized spacial score (nSPS) is 23.9. The van der Waals surface area contributed by atoms with Crippen molar-refractivity contribution in [1.29, 1.82) is 0 Å². The van der Waals surface area contributed by atoms with Crippen molar-refractivity contribution in [3.05, 3.63) is 28.9 Å². The molecular formula is C13H16ClN5O2. The van der Waals surface area contributed by atoms with E-state index in [1.165, 1.54) is 12.8 Å². The molecule has 2 aliphatic heterocycles. The second-order valence-electron chi connectivity index (χ2n) is 5.30. The van der Waals surface area contributed by atoms with Gasteiger partial charge in [-0.3, -0.25) is 9.51 Å². The molecule has 0 aromatic carbocycles. The van der Waals surface area contributed by atoms with E-state index in [4.69, 9.17) is 0 Å². The molecule has 2 saturated heterocycles. The Kier molecular flexibility index (Phi) is 3.69. The van der Waals surface area contributed by atoms with Crippen LogP contribution >= 0.6 is 12.4 Å². The van der Waals surface area contributed by atoms with Crippen LogP contribution in [0.3, 0.4) is 0 Å². The van der Waals surface area contributed by atoms with Crippen LogP contribution in [-0.2, 0) is 0 Å². The Bertz CT molecular complexity index is 652. The molecule has 7 nitrogen and oxygen atoms in total. The van der Waals surface area contributed by atoms with Crippen molar-refractivity contribution in [1.82, 2.24) is 20.4 Å². The number of H-pyrrole nitrogens is 1. The number of nitrogens with one attached hydrogen (secondary N) is 2. The number of aromatic nitrogens is 3. The zero-order chi connectivity index (χ0) is 13.5. The Labute approximate surface area is 127 Å². The molecule has 2 fully saturated rings. The minimum Gasteiger partial charge on any atom is -0.348 e. The van der Waals surface area contributed by atoms with Crippen LogP contribution in [0.15, 0.2) is 27.6 Å². The van der Waals surface area contributed by atoms with Crippen molar-refractivity contribution in [2.45, 2.75) is 24.9 Å². The van der Waals surface area contributed by atoms with Gasteiger partial charge in [-0.1, -0.05) is 5.16 Å². The maximum absolute atomic E-state index is 11.0. The highest BCUT2D eigenvalue weighted by Gasteiger charge is 2.37. The Morgan fingerprint density at radius 2 is 2.00 bits per heavy atom. The van der Waals surface area contributed by atoms with Gasteiger partial charge in [0.05, 0.1) is 0 Å². The Hall–Kier alpha value is -1.86. The SMILES string of the molecule is Cl.O=c1[nH]c(-c2ccc(N3C4CCC3CNC4)nc2)no1. The Morgan fingerprint density at radius 3 is 2.57 bits per heavy atom. The largest absolute Gasteiger partial charge is 0.439 e. The van der Waals surface area contributed by atoms with Crippen LogP contribution in [0.25, 0.3) is 11.4 Å². The molecule has 8 heteroatoms. The van der Waals surface area contributed by atoms with Gasteiger partial charge in [-0.25, -0.2) is 9.78 Å². The van der Waals surface area contributed by atoms with E-state index >= 15 is 0 Å². The van der Waals surface area contributed by atoms with Gasteiger partial charge < -0.3 is 10.2 Å². The first-order chi connectivity index (χ1) is 9.81. The molecular weight excluding hydrogens is 294 g/mol. The van der Waals surface area contributed by atoms with E-state index in [1.54, 1.807) is 6.20 Å². The number of fused-ring (bicyclic) bond motifs is 2. The average Bonchev–Trinajstić information content (AvgIpc) is 3.01. The van der Waals surface area contributed by atoms with Crippen molar-refractivity contribution < 1.29 is 4.52 Å². The molecule has 0 radical (unpaired) electrons. The van der Waals surface area contributed by atoms with E-state index in [9.17, 15) is 4.79 Å². The fraction of sp³-hybridized carbons (Fsp3) is 0.462. The summed E-state index contributed by atoms with van der Waals surface area (Å²) < 4.78 is 4.50. The third-order valence-electron chi connectivity index (χ3n) is 4.11. The number of rotatable bonds is 2. The van der Waals surface area contributed by atoms with Crippen molar-refractivity contribution >= 4 is 18.2 Å². The molecule has 2 N–H and O–H groups in total. The predicted octanol–water partition coefficient (Wildman–Crippen LogP) is 0.787. The zero-order valence-electron chi connectivity index (χ0n) is 11.3. The fourth-order valence-corrected chi connectivity index (χ4v) is 3.19. The van der Waals surface area contributed by atoms with Crippen LogP contribution in [0.5, 0.6) is 0 Å². The van der Waals surface area contributed by atoms with Crippen LogP contribution in [0, 0.1) is 0 Å².